The van der Waals surface area contributed by atoms with E-state index in [0.717, 1.165) is 27.6 Å². The van der Waals surface area contributed by atoms with Gasteiger partial charge in [-0.25, -0.2) is 12.7 Å². The maximum Gasteiger partial charge on any atom is 0.211 e. The normalized spacial score (nSPS) is 18.9. The summed E-state index contributed by atoms with van der Waals surface area (Å²) in [4.78, 5) is 1.27. The van der Waals surface area contributed by atoms with Gasteiger partial charge in [-0.05, 0) is 50.8 Å². The van der Waals surface area contributed by atoms with Crippen LogP contribution in [-0.2, 0) is 16.6 Å². The molecular weight excluding hydrogens is 416 g/mol. The molecule has 19 heavy (non-hydrogen) atoms. The summed E-state index contributed by atoms with van der Waals surface area (Å²) in [6.45, 7) is 2.07. The molecule has 4 nitrogen and oxygen atoms in total. The van der Waals surface area contributed by atoms with Gasteiger partial charge < -0.3 is 5.32 Å². The minimum Gasteiger partial charge on any atom is -0.309 e. The van der Waals surface area contributed by atoms with Crippen LogP contribution in [0.3, 0.4) is 0 Å². The topological polar surface area (TPSA) is 49.4 Å². The first-order chi connectivity index (χ1) is 8.86. The van der Waals surface area contributed by atoms with Crippen molar-refractivity contribution in [1.82, 2.24) is 9.62 Å². The quantitative estimate of drug-likeness (QED) is 0.797. The van der Waals surface area contributed by atoms with Crippen LogP contribution in [0.5, 0.6) is 0 Å². The van der Waals surface area contributed by atoms with Crippen molar-refractivity contribution < 1.29 is 8.42 Å². The lowest BCUT2D eigenvalue weighted by Gasteiger charge is -2.30. The Balaban J connectivity index is 1.80. The van der Waals surface area contributed by atoms with Crippen molar-refractivity contribution >= 4 is 53.2 Å². The summed E-state index contributed by atoms with van der Waals surface area (Å²) in [5.74, 6) is 0. The smallest absolute Gasteiger partial charge is 0.211 e. The van der Waals surface area contributed by atoms with Gasteiger partial charge in [0.2, 0.25) is 10.0 Å². The number of thiophene rings is 1. The fourth-order valence-corrected chi connectivity index (χ4v) is 5.12. The maximum atomic E-state index is 11.4. The van der Waals surface area contributed by atoms with Gasteiger partial charge in [-0.2, -0.15) is 0 Å². The highest BCUT2D eigenvalue weighted by Gasteiger charge is 2.24. The molecule has 8 heteroatoms. The van der Waals surface area contributed by atoms with E-state index in [1.807, 2.05) is 0 Å². The summed E-state index contributed by atoms with van der Waals surface area (Å²) in [5.41, 5.74) is 0. The molecule has 0 amide bonds. The predicted molar refractivity (Wildman–Crippen MR) is 86.0 cm³/mol. The largest absolute Gasteiger partial charge is 0.309 e. The Bertz CT molecular complexity index is 517. The molecule has 1 fully saturated rings. The average molecular weight is 432 g/mol. The second-order valence-corrected chi connectivity index (χ2v) is 9.94. The van der Waals surface area contributed by atoms with Crippen LogP contribution >= 0.6 is 43.2 Å². The Hall–Kier alpha value is 0.530. The van der Waals surface area contributed by atoms with E-state index in [9.17, 15) is 8.42 Å². The van der Waals surface area contributed by atoms with Gasteiger partial charge in [0.1, 0.15) is 0 Å². The standard InChI is InChI=1S/C11H16Br2N2O2S2/c1-19(16,17)15-4-2-8(3-5-15)14-7-9-6-10(12)11(13)18-9/h6,8,14H,2-5,7H2,1H3. The molecule has 2 heterocycles. The minimum absolute atomic E-state index is 0.401. The molecule has 1 aliphatic rings. The molecular formula is C11H16Br2N2O2S2. The molecule has 1 aromatic heterocycles. The molecule has 0 aliphatic carbocycles. The Morgan fingerprint density at radius 1 is 1.42 bits per heavy atom. The summed E-state index contributed by atoms with van der Waals surface area (Å²) in [6, 6.07) is 2.51. The lowest BCUT2D eigenvalue weighted by Crippen LogP contribution is -2.44. The van der Waals surface area contributed by atoms with Crippen molar-refractivity contribution in [2.24, 2.45) is 0 Å². The third kappa shape index (κ3) is 4.50. The van der Waals surface area contributed by atoms with Crippen LogP contribution in [-0.4, -0.2) is 38.1 Å². The zero-order chi connectivity index (χ0) is 14.0. The summed E-state index contributed by atoms with van der Waals surface area (Å²) in [7, 11) is -3.02. The van der Waals surface area contributed by atoms with E-state index in [1.165, 1.54) is 11.1 Å². The second-order valence-electron chi connectivity index (χ2n) is 4.65. The van der Waals surface area contributed by atoms with Gasteiger partial charge in [0.05, 0.1) is 10.0 Å². The highest BCUT2D eigenvalue weighted by molar-refractivity contribution is 9.13. The molecule has 1 saturated heterocycles. The van der Waals surface area contributed by atoms with Gasteiger partial charge in [0.15, 0.2) is 0 Å². The summed E-state index contributed by atoms with van der Waals surface area (Å²) >= 11 is 8.67. The number of hydrogen-bond acceptors (Lipinski definition) is 4. The molecule has 0 atom stereocenters. The van der Waals surface area contributed by atoms with Gasteiger partial charge >= 0.3 is 0 Å². The number of nitrogens with zero attached hydrogens (tertiary/aromatic N) is 1. The molecule has 1 aliphatic heterocycles. The SMILES string of the molecule is CS(=O)(=O)N1CCC(NCc2cc(Br)c(Br)s2)CC1. The van der Waals surface area contributed by atoms with Crippen LogP contribution in [0.15, 0.2) is 14.3 Å². The van der Waals surface area contributed by atoms with Crippen molar-refractivity contribution in [3.8, 4) is 0 Å². The second kappa shape index (κ2) is 6.53. The molecule has 2 rings (SSSR count). The van der Waals surface area contributed by atoms with Crippen molar-refractivity contribution in [1.29, 1.82) is 0 Å². The number of halogens is 2. The van der Waals surface area contributed by atoms with Gasteiger partial charge in [-0.3, -0.25) is 0 Å². The van der Waals surface area contributed by atoms with Gasteiger partial charge in [0, 0.05) is 35.0 Å². The fourth-order valence-electron chi connectivity index (χ4n) is 2.12. The highest BCUT2D eigenvalue weighted by Crippen LogP contribution is 2.32. The minimum atomic E-state index is -3.02. The van der Waals surface area contributed by atoms with Gasteiger partial charge in [0.25, 0.3) is 0 Å². The number of hydrogen-bond donors (Lipinski definition) is 1. The van der Waals surface area contributed by atoms with Crippen LogP contribution in [0.1, 0.15) is 17.7 Å². The number of rotatable bonds is 4. The van der Waals surface area contributed by atoms with Crippen molar-refractivity contribution in [2.75, 3.05) is 19.3 Å². The molecule has 0 spiro atoms. The predicted octanol–water partition coefficient (Wildman–Crippen LogP) is 2.79. The van der Waals surface area contributed by atoms with E-state index in [2.05, 4.69) is 43.2 Å². The Morgan fingerprint density at radius 2 is 2.05 bits per heavy atom. The lowest BCUT2D eigenvalue weighted by atomic mass is 10.1. The van der Waals surface area contributed by atoms with Crippen LogP contribution in [0.4, 0.5) is 0 Å². The van der Waals surface area contributed by atoms with Crippen LogP contribution in [0.2, 0.25) is 0 Å². The van der Waals surface area contributed by atoms with Crippen molar-refractivity contribution in [3.05, 3.63) is 19.2 Å². The van der Waals surface area contributed by atoms with Gasteiger partial charge in [-0.1, -0.05) is 0 Å². The molecule has 0 unspecified atom stereocenters. The number of nitrogens with one attached hydrogen (secondary N) is 1. The summed E-state index contributed by atoms with van der Waals surface area (Å²) in [6.07, 6.45) is 3.03. The molecule has 0 bridgehead atoms. The average Bonchev–Trinajstić information content (AvgIpc) is 2.66. The van der Waals surface area contributed by atoms with E-state index in [1.54, 1.807) is 15.6 Å². The van der Waals surface area contributed by atoms with Crippen LogP contribution in [0, 0.1) is 0 Å². The van der Waals surface area contributed by atoms with Gasteiger partial charge in [-0.15, -0.1) is 11.3 Å². The zero-order valence-electron chi connectivity index (χ0n) is 10.5. The summed E-state index contributed by atoms with van der Waals surface area (Å²) in [5, 5.41) is 3.50. The molecule has 1 aromatic rings. The molecule has 0 radical (unpaired) electrons. The van der Waals surface area contributed by atoms with Crippen LogP contribution in [0.25, 0.3) is 0 Å². The first kappa shape index (κ1) is 15.9. The third-order valence-electron chi connectivity index (χ3n) is 3.18. The third-order valence-corrected chi connectivity index (χ3v) is 7.74. The number of piperidine rings is 1. The van der Waals surface area contributed by atoms with E-state index < -0.39 is 10.0 Å². The lowest BCUT2D eigenvalue weighted by molar-refractivity contribution is 0.290. The van der Waals surface area contributed by atoms with Crippen LogP contribution < -0.4 is 5.32 Å². The molecule has 0 saturated carbocycles. The zero-order valence-corrected chi connectivity index (χ0v) is 15.3. The maximum absolute atomic E-state index is 11.4. The van der Waals surface area contributed by atoms with E-state index >= 15 is 0 Å². The Kier molecular flexibility index (Phi) is 5.47. The van der Waals surface area contributed by atoms with E-state index in [4.69, 9.17) is 0 Å². The fraction of sp³-hybridized carbons (Fsp3) is 0.636. The van der Waals surface area contributed by atoms with Crippen molar-refractivity contribution in [2.45, 2.75) is 25.4 Å². The first-order valence-electron chi connectivity index (χ1n) is 5.98. The Morgan fingerprint density at radius 3 is 2.53 bits per heavy atom. The highest BCUT2D eigenvalue weighted by atomic mass is 79.9. The van der Waals surface area contributed by atoms with Crippen molar-refractivity contribution in [3.63, 3.8) is 0 Å². The molecule has 108 valence electrons. The first-order valence-corrected chi connectivity index (χ1v) is 10.2. The Labute approximate surface area is 134 Å². The molecule has 1 N–H and O–H groups in total. The van der Waals surface area contributed by atoms with E-state index in [-0.39, 0.29) is 0 Å². The molecule has 0 aromatic carbocycles. The summed E-state index contributed by atoms with van der Waals surface area (Å²) < 4.78 is 26.6. The number of sulfonamides is 1. The van der Waals surface area contributed by atoms with E-state index in [0.29, 0.717) is 19.1 Å². The monoisotopic (exact) mass is 430 g/mol.